The first kappa shape index (κ1) is 11.3. The Bertz CT molecular complexity index is 183. The van der Waals surface area contributed by atoms with Crippen molar-refractivity contribution in [1.29, 1.82) is 0 Å². The van der Waals surface area contributed by atoms with Crippen LogP contribution >= 0.6 is 0 Å². The van der Waals surface area contributed by atoms with Gasteiger partial charge in [0.2, 0.25) is 0 Å². The molecule has 2 unspecified atom stereocenters. The number of alkyl halides is 4. The molecule has 0 nitrogen and oxygen atoms in total. The Labute approximate surface area is 69.0 Å². The Kier molecular flexibility index (Phi) is 4.08. The molecule has 12 heavy (non-hydrogen) atoms. The molecule has 0 spiro atoms. The van der Waals surface area contributed by atoms with Gasteiger partial charge in [0.05, 0.1) is 5.92 Å². The first-order valence-corrected chi connectivity index (χ1v) is 3.50. The van der Waals surface area contributed by atoms with E-state index in [4.69, 9.17) is 0 Å². The fourth-order valence-electron chi connectivity index (χ4n) is 0.608. The molecular weight excluding hydrogens is 172 g/mol. The SMILES string of the molecule is CC(C#CCF)C(C)C(F)(F)F. The van der Waals surface area contributed by atoms with E-state index in [1.165, 1.54) is 6.92 Å². The zero-order chi connectivity index (χ0) is 9.78. The van der Waals surface area contributed by atoms with Crippen molar-refractivity contribution in [3.8, 4) is 11.8 Å². The van der Waals surface area contributed by atoms with Crippen molar-refractivity contribution in [1.82, 2.24) is 0 Å². The first-order valence-electron chi connectivity index (χ1n) is 3.50. The van der Waals surface area contributed by atoms with Gasteiger partial charge in [-0.05, 0) is 0 Å². The summed E-state index contributed by atoms with van der Waals surface area (Å²) in [6, 6.07) is 0. The van der Waals surface area contributed by atoms with Crippen LogP contribution in [0.15, 0.2) is 0 Å². The predicted molar refractivity (Wildman–Crippen MR) is 38.1 cm³/mol. The minimum Gasteiger partial charge on any atom is -0.237 e. The summed E-state index contributed by atoms with van der Waals surface area (Å²) in [7, 11) is 0. The second-order valence-corrected chi connectivity index (χ2v) is 2.57. The highest BCUT2D eigenvalue weighted by atomic mass is 19.4. The average molecular weight is 182 g/mol. The molecule has 2 atom stereocenters. The quantitative estimate of drug-likeness (QED) is 0.432. The minimum absolute atomic E-state index is 0.847. The Morgan fingerprint density at radius 1 is 1.25 bits per heavy atom. The third kappa shape index (κ3) is 3.61. The van der Waals surface area contributed by atoms with Gasteiger partial charge in [0.1, 0.15) is 6.67 Å². The maximum Gasteiger partial charge on any atom is 0.392 e. The third-order valence-corrected chi connectivity index (χ3v) is 1.66. The molecule has 0 amide bonds. The summed E-state index contributed by atoms with van der Waals surface area (Å²) in [5, 5.41) is 0. The van der Waals surface area contributed by atoms with E-state index in [0.717, 1.165) is 6.92 Å². The van der Waals surface area contributed by atoms with Gasteiger partial charge in [-0.2, -0.15) is 13.2 Å². The molecule has 0 aromatic rings. The van der Waals surface area contributed by atoms with Crippen LogP contribution in [0.4, 0.5) is 17.6 Å². The van der Waals surface area contributed by atoms with Gasteiger partial charge < -0.3 is 0 Å². The Hall–Kier alpha value is -0.720. The highest BCUT2D eigenvalue weighted by Crippen LogP contribution is 2.30. The third-order valence-electron chi connectivity index (χ3n) is 1.66. The molecule has 4 heteroatoms. The van der Waals surface area contributed by atoms with Gasteiger partial charge >= 0.3 is 6.18 Å². The molecule has 0 saturated carbocycles. The number of hydrogen-bond acceptors (Lipinski definition) is 0. The van der Waals surface area contributed by atoms with Gasteiger partial charge in [0.25, 0.3) is 0 Å². The van der Waals surface area contributed by atoms with E-state index in [1.54, 1.807) is 0 Å². The van der Waals surface area contributed by atoms with Crippen molar-refractivity contribution < 1.29 is 17.6 Å². The maximum atomic E-state index is 12.0. The summed E-state index contributed by atoms with van der Waals surface area (Å²) in [6.45, 7) is 1.48. The Morgan fingerprint density at radius 3 is 2.08 bits per heavy atom. The molecule has 0 aromatic heterocycles. The summed E-state index contributed by atoms with van der Waals surface area (Å²) in [5.41, 5.74) is 0. The largest absolute Gasteiger partial charge is 0.392 e. The normalized spacial score (nSPS) is 16.2. The molecule has 0 aliphatic rings. The number of rotatable bonds is 1. The van der Waals surface area contributed by atoms with Crippen LogP contribution in [0.1, 0.15) is 13.8 Å². The van der Waals surface area contributed by atoms with Crippen LogP contribution in [0.3, 0.4) is 0 Å². The van der Waals surface area contributed by atoms with Gasteiger partial charge in [0, 0.05) is 5.92 Å². The van der Waals surface area contributed by atoms with Crippen molar-refractivity contribution in [2.24, 2.45) is 11.8 Å². The van der Waals surface area contributed by atoms with Gasteiger partial charge in [-0.25, -0.2) is 4.39 Å². The van der Waals surface area contributed by atoms with Gasteiger partial charge in [-0.1, -0.05) is 25.7 Å². The topological polar surface area (TPSA) is 0 Å². The molecule has 0 radical (unpaired) electrons. The highest BCUT2D eigenvalue weighted by molar-refractivity contribution is 5.04. The second-order valence-electron chi connectivity index (χ2n) is 2.57. The summed E-state index contributed by atoms with van der Waals surface area (Å²) in [6.07, 6.45) is -4.25. The predicted octanol–water partition coefficient (Wildman–Crippen LogP) is 2.79. The summed E-state index contributed by atoms with van der Waals surface area (Å²) in [5.74, 6) is 1.83. The molecular formula is C8H10F4. The molecule has 0 heterocycles. The van der Waals surface area contributed by atoms with Crippen LogP contribution in [0, 0.1) is 23.7 Å². The molecule has 0 aliphatic heterocycles. The van der Waals surface area contributed by atoms with E-state index in [1.807, 2.05) is 5.92 Å². The van der Waals surface area contributed by atoms with E-state index in [9.17, 15) is 17.6 Å². The zero-order valence-corrected chi connectivity index (χ0v) is 6.87. The van der Waals surface area contributed by atoms with Gasteiger partial charge in [0.15, 0.2) is 0 Å². The van der Waals surface area contributed by atoms with Crippen molar-refractivity contribution >= 4 is 0 Å². The van der Waals surface area contributed by atoms with Gasteiger partial charge in [-0.15, -0.1) is 0 Å². The van der Waals surface area contributed by atoms with Gasteiger partial charge in [-0.3, -0.25) is 0 Å². The van der Waals surface area contributed by atoms with Crippen LogP contribution in [-0.2, 0) is 0 Å². The van der Waals surface area contributed by atoms with E-state index >= 15 is 0 Å². The van der Waals surface area contributed by atoms with E-state index < -0.39 is 24.7 Å². The van der Waals surface area contributed by atoms with Crippen molar-refractivity contribution in [3.63, 3.8) is 0 Å². The van der Waals surface area contributed by atoms with Crippen LogP contribution in [-0.4, -0.2) is 12.9 Å². The molecule has 0 rings (SSSR count). The minimum atomic E-state index is -4.25. The van der Waals surface area contributed by atoms with Crippen molar-refractivity contribution in [2.75, 3.05) is 6.67 Å². The maximum absolute atomic E-state index is 12.0. The fourth-order valence-corrected chi connectivity index (χ4v) is 0.608. The highest BCUT2D eigenvalue weighted by Gasteiger charge is 2.38. The lowest BCUT2D eigenvalue weighted by molar-refractivity contribution is -0.176. The smallest absolute Gasteiger partial charge is 0.237 e. The summed E-state index contributed by atoms with van der Waals surface area (Å²) < 4.78 is 47.4. The molecule has 70 valence electrons. The van der Waals surface area contributed by atoms with Crippen LogP contribution in [0.5, 0.6) is 0 Å². The lowest BCUT2D eigenvalue weighted by atomic mass is 9.96. The van der Waals surface area contributed by atoms with E-state index in [2.05, 4.69) is 5.92 Å². The Balaban J connectivity index is 4.20. The van der Waals surface area contributed by atoms with Crippen LogP contribution in [0.25, 0.3) is 0 Å². The van der Waals surface area contributed by atoms with Crippen molar-refractivity contribution in [3.05, 3.63) is 0 Å². The molecule has 0 N–H and O–H groups in total. The van der Waals surface area contributed by atoms with E-state index in [0.29, 0.717) is 0 Å². The molecule has 0 fully saturated rings. The standard InChI is InChI=1S/C8H10F4/c1-6(4-3-5-9)7(2)8(10,11)12/h6-7H,5H2,1-2H3. The fraction of sp³-hybridized carbons (Fsp3) is 0.750. The van der Waals surface area contributed by atoms with E-state index in [-0.39, 0.29) is 0 Å². The zero-order valence-electron chi connectivity index (χ0n) is 6.87. The lowest BCUT2D eigenvalue weighted by Gasteiger charge is -2.17. The molecule has 0 aromatic carbocycles. The lowest BCUT2D eigenvalue weighted by Crippen LogP contribution is -2.25. The molecule has 0 aliphatic carbocycles. The molecule has 0 saturated heterocycles. The first-order chi connectivity index (χ1) is 5.39. The monoisotopic (exact) mass is 182 g/mol. The molecule has 0 bridgehead atoms. The average Bonchev–Trinajstić information content (AvgIpc) is 1.97. The van der Waals surface area contributed by atoms with Crippen molar-refractivity contribution in [2.45, 2.75) is 20.0 Å². The number of halogens is 4. The summed E-state index contributed by atoms with van der Waals surface area (Å²) in [4.78, 5) is 0. The summed E-state index contributed by atoms with van der Waals surface area (Å²) >= 11 is 0. The Morgan fingerprint density at radius 2 is 1.75 bits per heavy atom. The second kappa shape index (κ2) is 4.34. The van der Waals surface area contributed by atoms with Crippen LogP contribution < -0.4 is 0 Å². The number of hydrogen-bond donors (Lipinski definition) is 0. The van der Waals surface area contributed by atoms with Crippen LogP contribution in [0.2, 0.25) is 0 Å².